The molecular formula is C14H14N2O6S. The van der Waals surface area contributed by atoms with Gasteiger partial charge in [0.15, 0.2) is 9.84 Å². The van der Waals surface area contributed by atoms with Gasteiger partial charge in [0.1, 0.15) is 23.5 Å². The molecule has 0 aliphatic heterocycles. The van der Waals surface area contributed by atoms with E-state index in [4.69, 9.17) is 9.52 Å². The van der Waals surface area contributed by atoms with Gasteiger partial charge in [-0.25, -0.2) is 8.42 Å². The third-order valence-electron chi connectivity index (χ3n) is 2.79. The fourth-order valence-corrected chi connectivity index (χ4v) is 2.73. The maximum absolute atomic E-state index is 11.6. The van der Waals surface area contributed by atoms with E-state index in [-0.39, 0.29) is 6.01 Å². The molecule has 8 nitrogen and oxygen atoms in total. The Morgan fingerprint density at radius 2 is 1.87 bits per heavy atom. The first-order chi connectivity index (χ1) is 10.7. The highest BCUT2D eigenvalue weighted by molar-refractivity contribution is 7.92. The third kappa shape index (κ3) is 4.92. The minimum Gasteiger partial charge on any atom is -0.480 e. The molecule has 23 heavy (non-hydrogen) atoms. The van der Waals surface area contributed by atoms with Gasteiger partial charge in [-0.15, -0.1) is 0 Å². The zero-order chi connectivity index (χ0) is 17.0. The van der Waals surface area contributed by atoms with Gasteiger partial charge in [-0.2, -0.15) is 4.98 Å². The number of hydrogen-bond acceptors (Lipinski definition) is 6. The zero-order valence-corrected chi connectivity index (χ0v) is 13.0. The lowest BCUT2D eigenvalue weighted by atomic mass is 10.1. The molecule has 2 rings (SSSR count). The third-order valence-corrected chi connectivity index (χ3v) is 4.18. The smallest absolute Gasteiger partial charge is 0.318 e. The zero-order valence-electron chi connectivity index (χ0n) is 12.1. The average Bonchev–Trinajstić information content (AvgIpc) is 2.85. The molecule has 1 heterocycles. The summed E-state index contributed by atoms with van der Waals surface area (Å²) in [6, 6.07) is 7.28. The number of hydrogen-bond donors (Lipinski definition) is 2. The van der Waals surface area contributed by atoms with Crippen LogP contribution in [0.15, 0.2) is 34.9 Å². The Labute approximate surface area is 132 Å². The lowest BCUT2D eigenvalue weighted by Crippen LogP contribution is -2.27. The summed E-state index contributed by atoms with van der Waals surface area (Å²) in [6.45, 7) is 1.94. The van der Waals surface area contributed by atoms with Gasteiger partial charge in [0.25, 0.3) is 0 Å². The topological polar surface area (TPSA) is 127 Å². The Balaban J connectivity index is 2.03. The second-order valence-electron chi connectivity index (χ2n) is 4.88. The van der Waals surface area contributed by atoms with Gasteiger partial charge < -0.3 is 9.52 Å². The SMILES string of the molecule is Cc1ccc(-c2coc(NC(=O)CS(=O)(=O)CC(=O)O)n2)cc1. The van der Waals surface area contributed by atoms with Crippen LogP contribution < -0.4 is 5.32 Å². The minimum absolute atomic E-state index is 0.156. The van der Waals surface area contributed by atoms with E-state index < -0.39 is 33.2 Å². The number of nitrogens with one attached hydrogen (secondary N) is 1. The Morgan fingerprint density at radius 3 is 2.48 bits per heavy atom. The molecule has 0 saturated heterocycles. The highest BCUT2D eigenvalue weighted by atomic mass is 32.2. The van der Waals surface area contributed by atoms with Gasteiger partial charge in [0.05, 0.1) is 0 Å². The molecule has 0 aliphatic carbocycles. The van der Waals surface area contributed by atoms with Crippen molar-refractivity contribution in [3.8, 4) is 11.3 Å². The highest BCUT2D eigenvalue weighted by Crippen LogP contribution is 2.21. The Kier molecular flexibility index (Phi) is 4.80. The summed E-state index contributed by atoms with van der Waals surface area (Å²) in [5, 5.41) is 10.6. The van der Waals surface area contributed by atoms with Crippen molar-refractivity contribution in [2.75, 3.05) is 16.8 Å². The maximum atomic E-state index is 11.6. The van der Waals surface area contributed by atoms with Gasteiger partial charge in [0.2, 0.25) is 5.91 Å². The van der Waals surface area contributed by atoms with Gasteiger partial charge in [-0.1, -0.05) is 29.8 Å². The number of carboxylic acid groups (broad SMARTS) is 1. The van der Waals surface area contributed by atoms with Crippen molar-refractivity contribution < 1.29 is 27.5 Å². The van der Waals surface area contributed by atoms with Gasteiger partial charge in [-0.05, 0) is 6.92 Å². The largest absolute Gasteiger partial charge is 0.480 e. The van der Waals surface area contributed by atoms with Crippen molar-refractivity contribution >= 4 is 27.7 Å². The predicted octanol–water partition coefficient (Wildman–Crippen LogP) is 1.09. The van der Waals surface area contributed by atoms with E-state index in [0.29, 0.717) is 5.69 Å². The standard InChI is InChI=1S/C14H14N2O6S/c1-9-2-4-10(5-3-9)11-6-22-14(15-11)16-12(17)7-23(20,21)8-13(18)19/h2-6H,7-8H2,1H3,(H,18,19)(H,15,16,17). The molecule has 2 aromatic rings. The van der Waals surface area contributed by atoms with Crippen molar-refractivity contribution in [3.63, 3.8) is 0 Å². The van der Waals surface area contributed by atoms with Crippen LogP contribution in [0, 0.1) is 6.92 Å². The van der Waals surface area contributed by atoms with Crippen molar-refractivity contribution in [2.45, 2.75) is 6.92 Å². The van der Waals surface area contributed by atoms with E-state index in [0.717, 1.165) is 11.1 Å². The van der Waals surface area contributed by atoms with Crippen LogP contribution >= 0.6 is 0 Å². The van der Waals surface area contributed by atoms with Crippen LogP contribution in [0.2, 0.25) is 0 Å². The van der Waals surface area contributed by atoms with Crippen LogP contribution in [0.25, 0.3) is 11.3 Å². The number of anilines is 1. The fraction of sp³-hybridized carbons (Fsp3) is 0.214. The molecule has 0 bridgehead atoms. The molecule has 0 fully saturated rings. The summed E-state index contributed by atoms with van der Waals surface area (Å²) in [5.41, 5.74) is 2.33. The summed E-state index contributed by atoms with van der Waals surface area (Å²) in [6.07, 6.45) is 1.33. The Bertz CT molecular complexity index is 823. The summed E-state index contributed by atoms with van der Waals surface area (Å²) < 4.78 is 27.9. The molecular weight excluding hydrogens is 324 g/mol. The number of nitrogens with zero attached hydrogens (tertiary/aromatic N) is 1. The predicted molar refractivity (Wildman–Crippen MR) is 81.6 cm³/mol. The number of oxazole rings is 1. The fourth-order valence-electron chi connectivity index (χ4n) is 1.78. The maximum Gasteiger partial charge on any atom is 0.318 e. The Morgan fingerprint density at radius 1 is 1.22 bits per heavy atom. The average molecular weight is 338 g/mol. The monoisotopic (exact) mass is 338 g/mol. The van der Waals surface area contributed by atoms with Crippen molar-refractivity contribution in [1.82, 2.24) is 4.98 Å². The van der Waals surface area contributed by atoms with Crippen molar-refractivity contribution in [3.05, 3.63) is 36.1 Å². The number of carboxylic acids is 1. The molecule has 0 aliphatic rings. The molecule has 0 saturated carbocycles. The molecule has 9 heteroatoms. The molecule has 2 N–H and O–H groups in total. The number of carbonyl (C=O) groups excluding carboxylic acids is 1. The number of aryl methyl sites for hydroxylation is 1. The summed E-state index contributed by atoms with van der Waals surface area (Å²) in [4.78, 5) is 26.0. The first-order valence-electron chi connectivity index (χ1n) is 6.50. The number of aromatic nitrogens is 1. The number of rotatable bonds is 6. The summed E-state index contributed by atoms with van der Waals surface area (Å²) in [5.74, 6) is -4.50. The van der Waals surface area contributed by atoms with Crippen molar-refractivity contribution in [2.24, 2.45) is 0 Å². The van der Waals surface area contributed by atoms with Crippen LogP contribution in [-0.2, 0) is 19.4 Å². The normalized spacial score (nSPS) is 11.2. The number of carbonyl (C=O) groups is 2. The summed E-state index contributed by atoms with van der Waals surface area (Å²) >= 11 is 0. The number of aliphatic carboxylic acids is 1. The molecule has 1 aromatic heterocycles. The van der Waals surface area contributed by atoms with Crippen LogP contribution in [-0.4, -0.2) is 41.9 Å². The second kappa shape index (κ2) is 6.61. The van der Waals surface area contributed by atoms with E-state index in [2.05, 4.69) is 10.3 Å². The number of sulfone groups is 1. The molecule has 0 radical (unpaired) electrons. The Hall–Kier alpha value is -2.68. The lowest BCUT2D eigenvalue weighted by Gasteiger charge is -2.01. The highest BCUT2D eigenvalue weighted by Gasteiger charge is 2.21. The lowest BCUT2D eigenvalue weighted by molar-refractivity contribution is -0.134. The minimum atomic E-state index is -4.03. The first-order valence-corrected chi connectivity index (χ1v) is 8.32. The van der Waals surface area contributed by atoms with E-state index in [9.17, 15) is 18.0 Å². The van der Waals surface area contributed by atoms with Gasteiger partial charge in [-0.3, -0.25) is 14.9 Å². The summed E-state index contributed by atoms with van der Waals surface area (Å²) in [7, 11) is -4.03. The number of benzene rings is 1. The van der Waals surface area contributed by atoms with Crippen LogP contribution in [0.5, 0.6) is 0 Å². The molecule has 0 unspecified atom stereocenters. The van der Waals surface area contributed by atoms with Crippen LogP contribution in [0.1, 0.15) is 5.56 Å². The van der Waals surface area contributed by atoms with E-state index in [1.54, 1.807) is 0 Å². The van der Waals surface area contributed by atoms with E-state index in [1.165, 1.54) is 6.26 Å². The molecule has 122 valence electrons. The quantitative estimate of drug-likeness (QED) is 0.807. The van der Waals surface area contributed by atoms with Crippen molar-refractivity contribution in [1.29, 1.82) is 0 Å². The van der Waals surface area contributed by atoms with Gasteiger partial charge >= 0.3 is 12.0 Å². The molecule has 1 amide bonds. The molecule has 0 spiro atoms. The molecule has 0 atom stereocenters. The van der Waals surface area contributed by atoms with Crippen LogP contribution in [0.4, 0.5) is 6.01 Å². The first kappa shape index (κ1) is 16.7. The second-order valence-corrected chi connectivity index (χ2v) is 6.94. The van der Waals surface area contributed by atoms with Crippen LogP contribution in [0.3, 0.4) is 0 Å². The molecule has 1 aromatic carbocycles. The van der Waals surface area contributed by atoms with E-state index >= 15 is 0 Å². The van der Waals surface area contributed by atoms with Gasteiger partial charge in [0, 0.05) is 5.56 Å². The number of amides is 1. The van der Waals surface area contributed by atoms with E-state index in [1.807, 2.05) is 31.2 Å².